The maximum Gasteiger partial charge on any atom is 0.276 e. The van der Waals surface area contributed by atoms with Crippen molar-refractivity contribution in [2.24, 2.45) is 0 Å². The Morgan fingerprint density at radius 3 is 2.69 bits per heavy atom. The monoisotopic (exact) mass is 420 g/mol. The molecule has 0 spiro atoms. The van der Waals surface area contributed by atoms with Gasteiger partial charge in [-0.2, -0.15) is 5.10 Å². The molecule has 4 aromatic rings. The lowest BCUT2D eigenvalue weighted by Gasteiger charge is -2.06. The zero-order valence-corrected chi connectivity index (χ0v) is 17.9. The van der Waals surface area contributed by atoms with Crippen LogP contribution < -0.4 is 5.32 Å². The molecule has 1 amide bonds. The highest BCUT2D eigenvalue weighted by Gasteiger charge is 2.15. The molecule has 0 saturated heterocycles. The maximum atomic E-state index is 12.9. The average molecular weight is 421 g/mol. The number of carbonyl (C=O) groups is 1. The Morgan fingerprint density at radius 2 is 1.97 bits per heavy atom. The van der Waals surface area contributed by atoms with Gasteiger partial charge < -0.3 is 5.32 Å². The van der Waals surface area contributed by atoms with Crippen LogP contribution in [0.25, 0.3) is 16.5 Å². The van der Waals surface area contributed by atoms with Crippen molar-refractivity contribution in [3.8, 4) is 0 Å². The highest BCUT2D eigenvalue weighted by molar-refractivity contribution is 6.11. The second kappa shape index (κ2) is 9.71. The molecule has 0 bridgehead atoms. The van der Waals surface area contributed by atoms with E-state index in [-0.39, 0.29) is 5.91 Å². The van der Waals surface area contributed by atoms with Crippen LogP contribution in [0.15, 0.2) is 97.7 Å². The molecule has 2 aromatic heterocycles. The van der Waals surface area contributed by atoms with Crippen LogP contribution in [-0.4, -0.2) is 21.1 Å². The lowest BCUT2D eigenvalue weighted by molar-refractivity contribution is 0.102. The number of pyridine rings is 1. The molecule has 0 aliphatic rings. The molecular formula is C27H24N4O. The van der Waals surface area contributed by atoms with E-state index in [4.69, 9.17) is 0 Å². The van der Waals surface area contributed by atoms with Gasteiger partial charge in [0, 0.05) is 17.5 Å². The summed E-state index contributed by atoms with van der Waals surface area (Å²) in [4.78, 5) is 17.4. The lowest BCUT2D eigenvalue weighted by atomic mass is 10.0. The van der Waals surface area contributed by atoms with Crippen LogP contribution in [0.1, 0.15) is 34.2 Å². The number of anilines is 1. The van der Waals surface area contributed by atoms with Gasteiger partial charge in [0.2, 0.25) is 0 Å². The third-order valence-corrected chi connectivity index (χ3v) is 5.07. The fraction of sp³-hybridized carbons (Fsp3) is 0.0741. The van der Waals surface area contributed by atoms with Gasteiger partial charge in [-0.25, -0.2) is 0 Å². The van der Waals surface area contributed by atoms with Gasteiger partial charge in [0.1, 0.15) is 0 Å². The van der Waals surface area contributed by atoms with E-state index in [9.17, 15) is 4.79 Å². The van der Waals surface area contributed by atoms with E-state index in [0.717, 1.165) is 34.2 Å². The summed E-state index contributed by atoms with van der Waals surface area (Å²) in [6.07, 6.45) is 10.1. The molecule has 32 heavy (non-hydrogen) atoms. The van der Waals surface area contributed by atoms with Crippen LogP contribution in [0.4, 0.5) is 5.69 Å². The largest absolute Gasteiger partial charge is 0.319 e. The van der Waals surface area contributed by atoms with Crippen molar-refractivity contribution in [2.45, 2.75) is 13.3 Å². The molecule has 0 unspecified atom stereocenters. The number of fused-ring (bicyclic) bond motifs is 1. The van der Waals surface area contributed by atoms with Gasteiger partial charge in [-0.05, 0) is 47.9 Å². The predicted molar refractivity (Wildman–Crippen MR) is 131 cm³/mol. The number of hydrogen-bond acceptors (Lipinski definition) is 3. The third kappa shape index (κ3) is 4.73. The van der Waals surface area contributed by atoms with Crippen LogP contribution in [-0.2, 0) is 6.42 Å². The lowest BCUT2D eigenvalue weighted by Crippen LogP contribution is -2.13. The van der Waals surface area contributed by atoms with Crippen molar-refractivity contribution < 1.29 is 4.79 Å². The van der Waals surface area contributed by atoms with E-state index in [0.29, 0.717) is 11.4 Å². The summed E-state index contributed by atoms with van der Waals surface area (Å²) in [5, 5.41) is 10.8. The van der Waals surface area contributed by atoms with Crippen molar-refractivity contribution in [3.05, 3.63) is 120 Å². The zero-order valence-electron chi connectivity index (χ0n) is 17.9. The molecule has 0 radical (unpaired) electrons. The first-order valence-electron chi connectivity index (χ1n) is 10.4. The standard InChI is InChI=1S/C27H24N4O/c1-3-8-20(9-4-2)21-12-15-25-24(17-21)26(31-30-25)27(32)29-23-14-13-22(28-18-23)16-19-10-6-5-7-11-19/h3-15,17-18H,1,16H2,2H3,(H,29,32)(H,30,31)/b9-4?,20-8+. The Hall–Kier alpha value is -4.25. The molecule has 4 rings (SSSR count). The number of nitrogens with one attached hydrogen (secondary N) is 2. The van der Waals surface area contributed by atoms with Gasteiger partial charge in [0.05, 0.1) is 17.4 Å². The number of aromatic nitrogens is 3. The molecule has 2 heterocycles. The molecule has 0 atom stereocenters. The molecule has 0 saturated carbocycles. The number of allylic oxidation sites excluding steroid dienone is 5. The van der Waals surface area contributed by atoms with Crippen LogP contribution >= 0.6 is 0 Å². The topological polar surface area (TPSA) is 70.7 Å². The first kappa shape index (κ1) is 21.0. The van der Waals surface area contributed by atoms with Crippen LogP contribution in [0, 0.1) is 0 Å². The van der Waals surface area contributed by atoms with Crippen molar-refractivity contribution >= 4 is 28.1 Å². The minimum atomic E-state index is -0.286. The van der Waals surface area contributed by atoms with Crippen molar-refractivity contribution in [3.63, 3.8) is 0 Å². The average Bonchev–Trinajstić information content (AvgIpc) is 3.24. The van der Waals surface area contributed by atoms with Crippen LogP contribution in [0.3, 0.4) is 0 Å². The molecule has 158 valence electrons. The van der Waals surface area contributed by atoms with Crippen molar-refractivity contribution in [2.75, 3.05) is 5.32 Å². The van der Waals surface area contributed by atoms with E-state index >= 15 is 0 Å². The fourth-order valence-electron chi connectivity index (χ4n) is 3.52. The highest BCUT2D eigenvalue weighted by Crippen LogP contribution is 2.24. The number of hydrogen-bond donors (Lipinski definition) is 2. The molecular weight excluding hydrogens is 396 g/mol. The molecule has 0 fully saturated rings. The molecule has 2 N–H and O–H groups in total. The first-order chi connectivity index (χ1) is 15.7. The van der Waals surface area contributed by atoms with Gasteiger partial charge >= 0.3 is 0 Å². The molecule has 2 aromatic carbocycles. The van der Waals surface area contributed by atoms with E-state index in [2.05, 4.69) is 39.2 Å². The Balaban J connectivity index is 1.54. The van der Waals surface area contributed by atoms with Gasteiger partial charge in [0.25, 0.3) is 5.91 Å². The van der Waals surface area contributed by atoms with Gasteiger partial charge in [-0.3, -0.25) is 14.9 Å². The van der Waals surface area contributed by atoms with E-state index in [1.54, 1.807) is 12.3 Å². The van der Waals surface area contributed by atoms with Crippen LogP contribution in [0.2, 0.25) is 0 Å². The van der Waals surface area contributed by atoms with E-state index in [1.165, 1.54) is 5.56 Å². The summed E-state index contributed by atoms with van der Waals surface area (Å²) in [5.41, 5.74) is 5.89. The Kier molecular flexibility index (Phi) is 6.37. The van der Waals surface area contributed by atoms with Gasteiger partial charge in [-0.15, -0.1) is 0 Å². The summed E-state index contributed by atoms with van der Waals surface area (Å²) in [6, 6.07) is 19.8. The van der Waals surface area contributed by atoms with Crippen LogP contribution in [0.5, 0.6) is 0 Å². The number of rotatable bonds is 7. The second-order valence-electron chi connectivity index (χ2n) is 7.34. The SMILES string of the molecule is C=C/C=C(\C=CC)c1ccc2[nH]nc(C(=O)Nc3ccc(Cc4ccccc4)nc3)c2c1. The Labute approximate surface area is 187 Å². The number of H-pyrrole nitrogens is 1. The predicted octanol–water partition coefficient (Wildman–Crippen LogP) is 5.95. The maximum absolute atomic E-state index is 12.9. The quantitative estimate of drug-likeness (QED) is 0.363. The van der Waals surface area contributed by atoms with Gasteiger partial charge in [-0.1, -0.05) is 67.3 Å². The number of amides is 1. The summed E-state index contributed by atoms with van der Waals surface area (Å²) in [6.45, 7) is 5.75. The third-order valence-electron chi connectivity index (χ3n) is 5.07. The second-order valence-corrected chi connectivity index (χ2v) is 7.34. The minimum Gasteiger partial charge on any atom is -0.319 e. The van der Waals surface area contributed by atoms with Crippen molar-refractivity contribution in [1.82, 2.24) is 15.2 Å². The zero-order chi connectivity index (χ0) is 22.3. The van der Waals surface area contributed by atoms with Crippen molar-refractivity contribution in [1.29, 1.82) is 0 Å². The number of aromatic amines is 1. The number of benzene rings is 2. The molecule has 5 nitrogen and oxygen atoms in total. The summed E-state index contributed by atoms with van der Waals surface area (Å²) < 4.78 is 0. The van der Waals surface area contributed by atoms with Gasteiger partial charge in [0.15, 0.2) is 5.69 Å². The summed E-state index contributed by atoms with van der Waals surface area (Å²) in [5.74, 6) is -0.286. The molecule has 0 aliphatic carbocycles. The van der Waals surface area contributed by atoms with E-state index in [1.807, 2.05) is 73.7 Å². The normalized spacial score (nSPS) is 11.7. The summed E-state index contributed by atoms with van der Waals surface area (Å²) in [7, 11) is 0. The highest BCUT2D eigenvalue weighted by atomic mass is 16.1. The minimum absolute atomic E-state index is 0.286. The fourth-order valence-corrected chi connectivity index (χ4v) is 3.52. The Morgan fingerprint density at radius 1 is 1.12 bits per heavy atom. The molecule has 5 heteroatoms. The van der Waals surface area contributed by atoms with E-state index < -0.39 is 0 Å². The number of nitrogens with zero attached hydrogens (tertiary/aromatic N) is 2. The Bertz CT molecular complexity index is 1300. The smallest absolute Gasteiger partial charge is 0.276 e. The molecule has 0 aliphatic heterocycles. The first-order valence-corrected chi connectivity index (χ1v) is 10.4. The summed E-state index contributed by atoms with van der Waals surface area (Å²) >= 11 is 0. The number of carbonyl (C=O) groups excluding carboxylic acids is 1.